The highest BCUT2D eigenvalue weighted by molar-refractivity contribution is 9.10. The number of ether oxygens (including phenoxy) is 2. The zero-order chi connectivity index (χ0) is 25.9. The topological polar surface area (TPSA) is 98.1 Å². The van der Waals surface area contributed by atoms with Gasteiger partial charge in [0.1, 0.15) is 23.8 Å². The monoisotopic (exact) mass is 560 g/mol. The van der Waals surface area contributed by atoms with Crippen molar-refractivity contribution in [1.29, 1.82) is 0 Å². The third-order valence-electron chi connectivity index (χ3n) is 5.85. The molecule has 0 aliphatic carbocycles. The quantitative estimate of drug-likeness (QED) is 0.178. The number of nitrogens with one attached hydrogen (secondary N) is 1. The van der Waals surface area contributed by atoms with Crippen LogP contribution in [-0.2, 0) is 22.7 Å². The highest BCUT2D eigenvalue weighted by Crippen LogP contribution is 2.32. The Morgan fingerprint density at radius 3 is 2.59 bits per heavy atom. The van der Waals surface area contributed by atoms with Crippen molar-refractivity contribution in [2.75, 3.05) is 7.11 Å². The van der Waals surface area contributed by atoms with Crippen molar-refractivity contribution in [3.63, 3.8) is 0 Å². The van der Waals surface area contributed by atoms with Crippen LogP contribution in [-0.4, -0.2) is 29.9 Å². The number of imide groups is 1. The predicted molar refractivity (Wildman–Crippen MR) is 140 cm³/mol. The standard InChI is InChI=1S/C28H21BrN2O6/c1-35-27(33)25-13-11-20(37-25)15-31-26(32)23(30-28(31)34)14-22-21-5-3-2-4-18(21)8-12-24(22)36-16-17-6-9-19(29)10-7-17/h2-14H,15-16H2,1H3,(H,30,34)/b23-14-. The number of furan rings is 1. The number of hydrogen-bond donors (Lipinski definition) is 1. The lowest BCUT2D eigenvalue weighted by Gasteiger charge is -2.13. The summed E-state index contributed by atoms with van der Waals surface area (Å²) < 4.78 is 17.2. The molecule has 1 aliphatic rings. The molecule has 8 nitrogen and oxygen atoms in total. The average molecular weight is 561 g/mol. The first-order valence-electron chi connectivity index (χ1n) is 11.3. The number of esters is 1. The summed E-state index contributed by atoms with van der Waals surface area (Å²) in [5, 5.41) is 4.48. The lowest BCUT2D eigenvalue weighted by Crippen LogP contribution is -2.30. The van der Waals surface area contributed by atoms with Crippen molar-refractivity contribution >= 4 is 50.7 Å². The van der Waals surface area contributed by atoms with E-state index in [1.807, 2.05) is 60.7 Å². The second-order valence-corrected chi connectivity index (χ2v) is 9.17. The maximum Gasteiger partial charge on any atom is 0.373 e. The Bertz CT molecular complexity index is 1540. The number of urea groups is 1. The van der Waals surface area contributed by atoms with E-state index in [1.54, 1.807) is 6.08 Å². The van der Waals surface area contributed by atoms with E-state index < -0.39 is 17.9 Å². The minimum atomic E-state index is -0.643. The summed E-state index contributed by atoms with van der Waals surface area (Å²) in [6, 6.07) is 21.7. The van der Waals surface area contributed by atoms with Crippen LogP contribution in [0.15, 0.2) is 87.4 Å². The lowest BCUT2D eigenvalue weighted by atomic mass is 10.0. The number of rotatable bonds is 7. The van der Waals surface area contributed by atoms with Gasteiger partial charge in [-0.15, -0.1) is 0 Å². The highest BCUT2D eigenvalue weighted by Gasteiger charge is 2.34. The summed E-state index contributed by atoms with van der Waals surface area (Å²) in [4.78, 5) is 38.5. The van der Waals surface area contributed by atoms with Gasteiger partial charge in [-0.05, 0) is 52.7 Å². The normalized spacial score (nSPS) is 14.3. The van der Waals surface area contributed by atoms with Gasteiger partial charge in [-0.3, -0.25) is 9.69 Å². The van der Waals surface area contributed by atoms with Gasteiger partial charge >= 0.3 is 12.0 Å². The van der Waals surface area contributed by atoms with E-state index in [0.717, 1.165) is 25.7 Å². The fourth-order valence-electron chi connectivity index (χ4n) is 3.98. The van der Waals surface area contributed by atoms with Crippen molar-refractivity contribution in [3.05, 3.63) is 106 Å². The van der Waals surface area contributed by atoms with Crippen LogP contribution in [0.3, 0.4) is 0 Å². The third kappa shape index (κ3) is 5.12. The molecular formula is C28H21BrN2O6. The molecule has 1 aliphatic heterocycles. The molecule has 4 aromatic rings. The molecule has 1 aromatic heterocycles. The summed E-state index contributed by atoms with van der Waals surface area (Å²) in [5.74, 6) is -0.329. The Morgan fingerprint density at radius 2 is 1.81 bits per heavy atom. The molecule has 186 valence electrons. The molecule has 1 saturated heterocycles. The summed E-state index contributed by atoms with van der Waals surface area (Å²) in [6.07, 6.45) is 1.63. The van der Waals surface area contributed by atoms with Crippen LogP contribution in [0, 0.1) is 0 Å². The van der Waals surface area contributed by atoms with Gasteiger partial charge in [-0.1, -0.05) is 58.4 Å². The molecule has 0 spiro atoms. The van der Waals surface area contributed by atoms with E-state index in [9.17, 15) is 14.4 Å². The van der Waals surface area contributed by atoms with Crippen LogP contribution in [0.5, 0.6) is 5.75 Å². The van der Waals surface area contributed by atoms with Crippen molar-refractivity contribution in [2.45, 2.75) is 13.2 Å². The Hall–Kier alpha value is -4.37. The van der Waals surface area contributed by atoms with Gasteiger partial charge in [0.05, 0.1) is 13.7 Å². The van der Waals surface area contributed by atoms with E-state index >= 15 is 0 Å². The minimum Gasteiger partial charge on any atom is -0.488 e. The van der Waals surface area contributed by atoms with Gasteiger partial charge in [0.25, 0.3) is 5.91 Å². The molecular weight excluding hydrogens is 540 g/mol. The zero-order valence-corrected chi connectivity index (χ0v) is 21.3. The number of hydrogen-bond acceptors (Lipinski definition) is 6. The Labute approximate surface area is 220 Å². The fourth-order valence-corrected chi connectivity index (χ4v) is 4.24. The molecule has 9 heteroatoms. The van der Waals surface area contributed by atoms with Gasteiger partial charge in [-0.2, -0.15) is 0 Å². The second kappa shape index (κ2) is 10.3. The second-order valence-electron chi connectivity index (χ2n) is 8.25. The van der Waals surface area contributed by atoms with Crippen LogP contribution in [0.2, 0.25) is 0 Å². The van der Waals surface area contributed by atoms with Crippen LogP contribution in [0.4, 0.5) is 4.79 Å². The van der Waals surface area contributed by atoms with Crippen molar-refractivity contribution < 1.29 is 28.3 Å². The molecule has 1 fully saturated rings. The number of halogens is 1. The Morgan fingerprint density at radius 1 is 1.03 bits per heavy atom. The maximum atomic E-state index is 13.2. The van der Waals surface area contributed by atoms with E-state index in [1.165, 1.54) is 19.2 Å². The Balaban J connectivity index is 1.44. The molecule has 37 heavy (non-hydrogen) atoms. The van der Waals surface area contributed by atoms with E-state index in [-0.39, 0.29) is 23.8 Å². The number of methoxy groups -OCH3 is 1. The van der Waals surface area contributed by atoms with Crippen LogP contribution in [0.25, 0.3) is 16.8 Å². The van der Waals surface area contributed by atoms with Crippen molar-refractivity contribution in [1.82, 2.24) is 10.2 Å². The molecule has 0 radical (unpaired) electrons. The summed E-state index contributed by atoms with van der Waals surface area (Å²) in [7, 11) is 1.24. The molecule has 1 N–H and O–H groups in total. The number of amides is 3. The van der Waals surface area contributed by atoms with Gasteiger partial charge in [0.15, 0.2) is 0 Å². The number of carbonyl (C=O) groups excluding carboxylic acids is 3. The van der Waals surface area contributed by atoms with Crippen LogP contribution in [0.1, 0.15) is 27.4 Å². The van der Waals surface area contributed by atoms with Gasteiger partial charge in [-0.25, -0.2) is 9.59 Å². The average Bonchev–Trinajstić information content (AvgIpc) is 3.49. The predicted octanol–water partition coefficient (Wildman–Crippen LogP) is 5.65. The molecule has 0 atom stereocenters. The number of fused-ring (bicyclic) bond motifs is 1. The van der Waals surface area contributed by atoms with Gasteiger partial charge < -0.3 is 19.2 Å². The summed E-state index contributed by atoms with van der Waals surface area (Å²) in [6.45, 7) is 0.191. The number of benzene rings is 3. The molecule has 3 amide bonds. The van der Waals surface area contributed by atoms with Crippen LogP contribution >= 0.6 is 15.9 Å². The van der Waals surface area contributed by atoms with E-state index in [4.69, 9.17) is 9.15 Å². The minimum absolute atomic E-state index is 0.0105. The number of carbonyl (C=O) groups is 3. The molecule has 0 unspecified atom stereocenters. The number of nitrogens with zero attached hydrogens (tertiary/aromatic N) is 1. The SMILES string of the molecule is COC(=O)c1ccc(CN2C(=O)N/C(=C\c3c(OCc4ccc(Br)cc4)ccc4ccccc34)C2=O)o1. The zero-order valence-electron chi connectivity index (χ0n) is 19.7. The highest BCUT2D eigenvalue weighted by atomic mass is 79.9. The largest absolute Gasteiger partial charge is 0.488 e. The molecule has 0 saturated carbocycles. The molecule has 0 bridgehead atoms. The van der Waals surface area contributed by atoms with E-state index in [0.29, 0.717) is 17.9 Å². The first-order valence-corrected chi connectivity index (χ1v) is 12.1. The summed E-state index contributed by atoms with van der Waals surface area (Å²) in [5.41, 5.74) is 1.76. The third-order valence-corrected chi connectivity index (χ3v) is 6.38. The molecule has 5 rings (SSSR count). The van der Waals surface area contributed by atoms with Gasteiger partial charge in [0, 0.05) is 10.0 Å². The Kier molecular flexibility index (Phi) is 6.78. The first-order chi connectivity index (χ1) is 17.9. The van der Waals surface area contributed by atoms with Crippen molar-refractivity contribution in [2.24, 2.45) is 0 Å². The van der Waals surface area contributed by atoms with Crippen molar-refractivity contribution in [3.8, 4) is 5.75 Å². The summed E-state index contributed by atoms with van der Waals surface area (Å²) >= 11 is 3.43. The molecule has 3 aromatic carbocycles. The van der Waals surface area contributed by atoms with Gasteiger partial charge in [0.2, 0.25) is 5.76 Å². The fraction of sp³-hybridized carbons (Fsp3) is 0.107. The first kappa shape index (κ1) is 24.3. The van der Waals surface area contributed by atoms with E-state index in [2.05, 4.69) is 26.0 Å². The maximum absolute atomic E-state index is 13.2. The lowest BCUT2D eigenvalue weighted by molar-refractivity contribution is -0.123. The molecule has 2 heterocycles. The van der Waals surface area contributed by atoms with Crippen LogP contribution < -0.4 is 10.1 Å². The smallest absolute Gasteiger partial charge is 0.373 e.